The van der Waals surface area contributed by atoms with E-state index in [0.717, 1.165) is 67.6 Å². The van der Waals surface area contributed by atoms with Crippen LogP contribution in [0.15, 0.2) is 121 Å². The molecular weight excluding hydrogens is 494 g/mol. The van der Waals surface area contributed by atoms with Crippen LogP contribution < -0.4 is 14.4 Å². The van der Waals surface area contributed by atoms with Crippen LogP contribution in [0.3, 0.4) is 0 Å². The van der Waals surface area contributed by atoms with Gasteiger partial charge >= 0.3 is 0 Å². The molecule has 0 N–H and O–H groups in total. The standard InChI is InChI=1S/C35H23N3O2/c1-39-26-19-17-24(18-20-26)28-21-29(25-15-13-23(22-36)14-16-25)37-35-27(28)7-6-10-32(35)38-30-8-2-4-11-33(30)40-34-12-5-3-9-31(34)38/h2-21H,1H3. The van der Waals surface area contributed by atoms with Crippen molar-refractivity contribution in [1.82, 2.24) is 4.98 Å². The molecule has 0 spiro atoms. The molecule has 0 radical (unpaired) electrons. The lowest BCUT2D eigenvalue weighted by Crippen LogP contribution is -2.16. The minimum Gasteiger partial charge on any atom is -0.497 e. The van der Waals surface area contributed by atoms with E-state index in [2.05, 4.69) is 59.5 Å². The normalized spacial score (nSPS) is 11.8. The predicted molar refractivity (Wildman–Crippen MR) is 159 cm³/mol. The second-order valence-electron chi connectivity index (χ2n) is 9.52. The Kier molecular flexibility index (Phi) is 5.65. The van der Waals surface area contributed by atoms with Crippen molar-refractivity contribution in [3.05, 3.63) is 127 Å². The van der Waals surface area contributed by atoms with Crippen molar-refractivity contribution >= 4 is 28.0 Å². The Hall–Kier alpha value is -5.60. The highest BCUT2D eigenvalue weighted by molar-refractivity contribution is 6.05. The highest BCUT2D eigenvalue weighted by Crippen LogP contribution is 2.51. The van der Waals surface area contributed by atoms with Crippen LogP contribution in [0.2, 0.25) is 0 Å². The minimum absolute atomic E-state index is 0.613. The van der Waals surface area contributed by atoms with E-state index in [9.17, 15) is 5.26 Å². The summed E-state index contributed by atoms with van der Waals surface area (Å²) in [6.07, 6.45) is 0. The van der Waals surface area contributed by atoms with Crippen molar-refractivity contribution < 1.29 is 9.47 Å². The average Bonchev–Trinajstić information content (AvgIpc) is 3.03. The monoisotopic (exact) mass is 517 g/mol. The van der Waals surface area contributed by atoms with Gasteiger partial charge in [0, 0.05) is 10.9 Å². The van der Waals surface area contributed by atoms with E-state index in [1.165, 1.54) is 0 Å². The first-order valence-electron chi connectivity index (χ1n) is 13.0. The highest BCUT2D eigenvalue weighted by atomic mass is 16.5. The van der Waals surface area contributed by atoms with Gasteiger partial charge < -0.3 is 14.4 Å². The highest BCUT2D eigenvalue weighted by Gasteiger charge is 2.27. The van der Waals surface area contributed by atoms with Gasteiger partial charge in [-0.1, -0.05) is 60.7 Å². The number of nitrogens with zero attached hydrogens (tertiary/aromatic N) is 3. The molecule has 0 fully saturated rings. The summed E-state index contributed by atoms with van der Waals surface area (Å²) < 4.78 is 11.7. The molecule has 0 saturated carbocycles. The zero-order valence-corrected chi connectivity index (χ0v) is 21.7. The third kappa shape index (κ3) is 3.91. The molecule has 0 amide bonds. The molecule has 0 saturated heterocycles. The third-order valence-electron chi connectivity index (χ3n) is 7.20. The lowest BCUT2D eigenvalue weighted by molar-refractivity contribution is 0.415. The Labute approximate surface area is 232 Å². The summed E-state index contributed by atoms with van der Waals surface area (Å²) in [4.78, 5) is 7.48. The lowest BCUT2D eigenvalue weighted by Gasteiger charge is -2.33. The van der Waals surface area contributed by atoms with Crippen LogP contribution in [0, 0.1) is 11.3 Å². The van der Waals surface area contributed by atoms with Gasteiger partial charge in [0.25, 0.3) is 0 Å². The van der Waals surface area contributed by atoms with Gasteiger partial charge in [0.15, 0.2) is 11.5 Å². The van der Waals surface area contributed by atoms with Gasteiger partial charge in [-0.05, 0) is 71.8 Å². The van der Waals surface area contributed by atoms with Crippen LogP contribution in [0.25, 0.3) is 33.3 Å². The van der Waals surface area contributed by atoms with Crippen molar-refractivity contribution in [2.75, 3.05) is 12.0 Å². The lowest BCUT2D eigenvalue weighted by atomic mass is 9.97. The van der Waals surface area contributed by atoms with Crippen molar-refractivity contribution in [3.63, 3.8) is 0 Å². The summed E-state index contributed by atoms with van der Waals surface area (Å²) in [5.41, 5.74) is 8.20. The smallest absolute Gasteiger partial charge is 0.151 e. The Bertz CT molecular complexity index is 1880. The number of anilines is 3. The second-order valence-corrected chi connectivity index (χ2v) is 9.52. The van der Waals surface area contributed by atoms with Gasteiger partial charge in [-0.25, -0.2) is 4.98 Å². The first-order chi connectivity index (χ1) is 19.7. The zero-order valence-electron chi connectivity index (χ0n) is 21.7. The number of nitriles is 1. The fourth-order valence-electron chi connectivity index (χ4n) is 5.25. The Morgan fingerprint density at radius 1 is 0.700 bits per heavy atom. The summed E-state index contributed by atoms with van der Waals surface area (Å²) in [5.74, 6) is 2.38. The number of methoxy groups -OCH3 is 1. The maximum absolute atomic E-state index is 9.33. The van der Waals surface area contributed by atoms with E-state index in [1.54, 1.807) is 7.11 Å². The number of aromatic nitrogens is 1. The average molecular weight is 518 g/mol. The van der Waals surface area contributed by atoms with Crippen LogP contribution in [0.5, 0.6) is 17.2 Å². The fraction of sp³-hybridized carbons (Fsp3) is 0.0286. The number of hydrogen-bond acceptors (Lipinski definition) is 5. The van der Waals surface area contributed by atoms with Crippen LogP contribution >= 0.6 is 0 Å². The van der Waals surface area contributed by atoms with Gasteiger partial charge in [-0.2, -0.15) is 5.26 Å². The van der Waals surface area contributed by atoms with Crippen LogP contribution in [-0.2, 0) is 0 Å². The van der Waals surface area contributed by atoms with E-state index in [1.807, 2.05) is 72.8 Å². The molecule has 1 aliphatic heterocycles. The number of pyridine rings is 1. The number of ether oxygens (including phenoxy) is 2. The summed E-state index contributed by atoms with van der Waals surface area (Å²) in [5, 5.41) is 10.4. The molecule has 190 valence electrons. The van der Waals surface area contributed by atoms with Gasteiger partial charge in [-0.15, -0.1) is 0 Å². The van der Waals surface area contributed by atoms with E-state index in [4.69, 9.17) is 14.5 Å². The SMILES string of the molecule is COc1ccc(-c2cc(-c3ccc(C#N)cc3)nc3c(N4c5ccccc5Oc5ccccc54)cccc23)cc1. The van der Waals surface area contributed by atoms with E-state index in [-0.39, 0.29) is 0 Å². The second kappa shape index (κ2) is 9.61. The molecule has 1 aromatic heterocycles. The van der Waals surface area contributed by atoms with Crippen molar-refractivity contribution in [1.29, 1.82) is 5.26 Å². The maximum Gasteiger partial charge on any atom is 0.151 e. The summed E-state index contributed by atoms with van der Waals surface area (Å²) in [6, 6.07) is 42.4. The molecule has 6 aromatic rings. The minimum atomic E-state index is 0.613. The molecule has 0 unspecified atom stereocenters. The molecule has 40 heavy (non-hydrogen) atoms. The van der Waals surface area contributed by atoms with Crippen LogP contribution in [0.1, 0.15) is 5.56 Å². The van der Waals surface area contributed by atoms with Gasteiger partial charge in [0.05, 0.1) is 47.0 Å². The van der Waals surface area contributed by atoms with Crippen LogP contribution in [0.4, 0.5) is 17.1 Å². The van der Waals surface area contributed by atoms with E-state index < -0.39 is 0 Å². The molecule has 5 aromatic carbocycles. The number of para-hydroxylation sites is 5. The quantitative estimate of drug-likeness (QED) is 0.233. The first kappa shape index (κ1) is 23.5. The summed E-state index contributed by atoms with van der Waals surface area (Å²) >= 11 is 0. The molecular formula is C35H23N3O2. The van der Waals surface area contributed by atoms with Gasteiger partial charge in [0.2, 0.25) is 0 Å². The largest absolute Gasteiger partial charge is 0.497 e. The zero-order chi connectivity index (χ0) is 27.1. The summed E-state index contributed by atoms with van der Waals surface area (Å²) in [6.45, 7) is 0. The molecule has 5 nitrogen and oxygen atoms in total. The Balaban J connectivity index is 1.52. The molecule has 5 heteroatoms. The number of fused-ring (bicyclic) bond motifs is 3. The van der Waals surface area contributed by atoms with Crippen molar-refractivity contribution in [2.24, 2.45) is 0 Å². The topological polar surface area (TPSA) is 58.4 Å². The molecule has 2 heterocycles. The number of hydrogen-bond donors (Lipinski definition) is 0. The molecule has 1 aliphatic rings. The van der Waals surface area contributed by atoms with Gasteiger partial charge in [-0.3, -0.25) is 0 Å². The van der Waals surface area contributed by atoms with Gasteiger partial charge in [0.1, 0.15) is 5.75 Å². The number of rotatable bonds is 4. The fourth-order valence-corrected chi connectivity index (χ4v) is 5.25. The van der Waals surface area contributed by atoms with E-state index >= 15 is 0 Å². The van der Waals surface area contributed by atoms with E-state index in [0.29, 0.717) is 5.56 Å². The van der Waals surface area contributed by atoms with Crippen molar-refractivity contribution in [3.8, 4) is 45.7 Å². The molecule has 7 rings (SSSR count). The summed E-state index contributed by atoms with van der Waals surface area (Å²) in [7, 11) is 1.67. The third-order valence-corrected chi connectivity index (χ3v) is 7.20. The Morgan fingerprint density at radius 3 is 1.98 bits per heavy atom. The molecule has 0 bridgehead atoms. The first-order valence-corrected chi connectivity index (χ1v) is 13.0. The maximum atomic E-state index is 9.33. The number of benzene rings is 5. The molecule has 0 aliphatic carbocycles. The van der Waals surface area contributed by atoms with Crippen molar-refractivity contribution in [2.45, 2.75) is 0 Å². The molecule has 0 atom stereocenters. The Morgan fingerprint density at radius 2 is 1.32 bits per heavy atom. The predicted octanol–water partition coefficient (Wildman–Crippen LogP) is 9.02. The van der Waals surface area contributed by atoms with Crippen LogP contribution in [-0.4, -0.2) is 12.1 Å².